The highest BCUT2D eigenvalue weighted by molar-refractivity contribution is 8.26. The molecule has 1 saturated heterocycles. The molecule has 0 atom stereocenters. The summed E-state index contributed by atoms with van der Waals surface area (Å²) in [5.74, 6) is -0.599. The topological polar surface area (TPSA) is 92.9 Å². The van der Waals surface area contributed by atoms with Crippen LogP contribution < -0.4 is 4.74 Å². The summed E-state index contributed by atoms with van der Waals surface area (Å²) < 4.78 is 5.35. The lowest BCUT2D eigenvalue weighted by atomic mass is 10.1. The van der Waals surface area contributed by atoms with E-state index in [0.717, 1.165) is 17.8 Å². The number of phenols is 1. The zero-order valence-corrected chi connectivity index (χ0v) is 14.2. The van der Waals surface area contributed by atoms with Gasteiger partial charge in [0.15, 0.2) is 11.5 Å². The van der Waals surface area contributed by atoms with Gasteiger partial charge in [0.25, 0.3) is 11.6 Å². The fourth-order valence-corrected chi connectivity index (χ4v) is 3.57. The number of benzene rings is 1. The molecule has 1 aliphatic heterocycles. The third-order valence-electron chi connectivity index (χ3n) is 3.15. The second kappa shape index (κ2) is 6.55. The smallest absolute Gasteiger partial charge is 0.274 e. The highest BCUT2D eigenvalue weighted by Crippen LogP contribution is 2.39. The van der Waals surface area contributed by atoms with Gasteiger partial charge >= 0.3 is 0 Å². The normalized spacial score (nSPS) is 16.5. The second-order valence-corrected chi connectivity index (χ2v) is 6.66. The molecule has 122 valence electrons. The van der Waals surface area contributed by atoms with Crippen LogP contribution in [0.25, 0.3) is 6.08 Å². The molecule has 2 rings (SSSR count). The molecule has 0 unspecified atom stereocenters. The number of nitrogens with zero attached hydrogens (tertiary/aromatic N) is 2. The van der Waals surface area contributed by atoms with Crippen molar-refractivity contribution in [1.29, 1.82) is 0 Å². The number of hydrogen-bond donors (Lipinski definition) is 1. The van der Waals surface area contributed by atoms with Crippen molar-refractivity contribution in [3.63, 3.8) is 0 Å². The van der Waals surface area contributed by atoms with Crippen molar-refractivity contribution >= 4 is 46.0 Å². The molecule has 1 aromatic carbocycles. The number of nitro groups is 1. The van der Waals surface area contributed by atoms with E-state index in [-0.39, 0.29) is 34.7 Å². The van der Waals surface area contributed by atoms with Crippen molar-refractivity contribution in [2.24, 2.45) is 0 Å². The van der Waals surface area contributed by atoms with Gasteiger partial charge in [0.05, 0.1) is 23.0 Å². The van der Waals surface area contributed by atoms with E-state index in [1.165, 1.54) is 24.2 Å². The van der Waals surface area contributed by atoms with Crippen molar-refractivity contribution < 1.29 is 19.6 Å². The van der Waals surface area contributed by atoms with Gasteiger partial charge in [-0.3, -0.25) is 19.8 Å². The van der Waals surface area contributed by atoms with E-state index in [1.54, 1.807) is 0 Å². The number of ether oxygens (including phenoxy) is 1. The molecule has 1 fully saturated rings. The molecule has 1 amide bonds. The number of amides is 1. The number of thioether (sulfide) groups is 1. The quantitative estimate of drug-likeness (QED) is 0.384. The van der Waals surface area contributed by atoms with Gasteiger partial charge in [-0.25, -0.2) is 0 Å². The predicted octanol–water partition coefficient (Wildman–Crippen LogP) is 2.92. The molecule has 0 saturated carbocycles. The average molecular weight is 354 g/mol. The SMILES string of the molecule is COc1cc([N+](=O)[O-])cc(/C=C2\SC(=S)N(C(C)C)C2=O)c1O. The van der Waals surface area contributed by atoms with Gasteiger partial charge in [0.1, 0.15) is 4.32 Å². The van der Waals surface area contributed by atoms with E-state index in [4.69, 9.17) is 17.0 Å². The molecule has 0 radical (unpaired) electrons. The first-order chi connectivity index (χ1) is 10.8. The summed E-state index contributed by atoms with van der Waals surface area (Å²) >= 11 is 6.26. The number of phenolic OH excluding ortho intramolecular Hbond substituents is 1. The third kappa shape index (κ3) is 3.30. The highest BCUT2D eigenvalue weighted by Gasteiger charge is 2.34. The van der Waals surface area contributed by atoms with Gasteiger partial charge in [0.2, 0.25) is 0 Å². The summed E-state index contributed by atoms with van der Waals surface area (Å²) in [6, 6.07) is 2.20. The molecule has 1 heterocycles. The van der Waals surface area contributed by atoms with Crippen LogP contribution in [0.15, 0.2) is 17.0 Å². The maximum Gasteiger partial charge on any atom is 0.274 e. The van der Waals surface area contributed by atoms with Crippen molar-refractivity contribution in [2.45, 2.75) is 19.9 Å². The van der Waals surface area contributed by atoms with Crippen LogP contribution in [-0.2, 0) is 4.79 Å². The minimum absolute atomic E-state index is 0.0372. The molecule has 0 aromatic heterocycles. The summed E-state index contributed by atoms with van der Waals surface area (Å²) in [7, 11) is 1.29. The number of aromatic hydroxyl groups is 1. The zero-order chi connectivity index (χ0) is 17.3. The summed E-state index contributed by atoms with van der Waals surface area (Å²) in [6.45, 7) is 3.67. The number of nitro benzene ring substituents is 1. The molecule has 9 heteroatoms. The van der Waals surface area contributed by atoms with Crippen LogP contribution in [0.3, 0.4) is 0 Å². The van der Waals surface area contributed by atoms with Gasteiger partial charge in [-0.05, 0) is 19.9 Å². The van der Waals surface area contributed by atoms with E-state index < -0.39 is 4.92 Å². The van der Waals surface area contributed by atoms with Crippen LogP contribution in [0.2, 0.25) is 0 Å². The van der Waals surface area contributed by atoms with E-state index in [2.05, 4.69) is 0 Å². The Morgan fingerprint density at radius 2 is 2.13 bits per heavy atom. The standard InChI is InChI=1S/C14H14N2O5S2/c1-7(2)15-13(18)11(23-14(15)22)5-8-4-9(16(19)20)6-10(21-3)12(8)17/h4-7,17H,1-3H3/b11-5-. The molecule has 1 aromatic rings. The van der Waals surface area contributed by atoms with Crippen molar-refractivity contribution in [2.75, 3.05) is 7.11 Å². The van der Waals surface area contributed by atoms with Gasteiger partial charge in [-0.15, -0.1) is 0 Å². The molecule has 1 N–H and O–H groups in total. The Kier molecular flexibility index (Phi) is 4.90. The number of thiocarbonyl (C=S) groups is 1. The zero-order valence-electron chi connectivity index (χ0n) is 12.6. The Labute approximate surface area is 142 Å². The minimum Gasteiger partial charge on any atom is -0.504 e. The van der Waals surface area contributed by atoms with Crippen molar-refractivity contribution in [3.05, 3.63) is 32.7 Å². The van der Waals surface area contributed by atoms with Gasteiger partial charge in [-0.1, -0.05) is 24.0 Å². The molecule has 23 heavy (non-hydrogen) atoms. The molecule has 7 nitrogen and oxygen atoms in total. The summed E-state index contributed by atoms with van der Waals surface area (Å²) in [4.78, 5) is 24.5. The number of non-ortho nitro benzene ring substituents is 1. The molecule has 0 aliphatic carbocycles. The molecular formula is C14H14N2O5S2. The first kappa shape index (κ1) is 17.2. The predicted molar refractivity (Wildman–Crippen MR) is 91.5 cm³/mol. The van der Waals surface area contributed by atoms with E-state index in [9.17, 15) is 20.0 Å². The van der Waals surface area contributed by atoms with Crippen LogP contribution in [-0.4, -0.2) is 38.3 Å². The Balaban J connectivity index is 2.51. The average Bonchev–Trinajstić information content (AvgIpc) is 2.75. The largest absolute Gasteiger partial charge is 0.504 e. The van der Waals surface area contributed by atoms with Crippen LogP contribution in [0.1, 0.15) is 19.4 Å². The van der Waals surface area contributed by atoms with E-state index >= 15 is 0 Å². The maximum atomic E-state index is 12.3. The number of rotatable bonds is 4. The second-order valence-electron chi connectivity index (χ2n) is 4.99. The Hall–Kier alpha value is -2.13. The number of carbonyl (C=O) groups is 1. The van der Waals surface area contributed by atoms with Gasteiger partial charge < -0.3 is 9.84 Å². The maximum absolute atomic E-state index is 12.3. The fraction of sp³-hybridized carbons (Fsp3) is 0.286. The summed E-state index contributed by atoms with van der Waals surface area (Å²) in [5, 5.41) is 21.1. The Bertz CT molecular complexity index is 730. The monoisotopic (exact) mass is 354 g/mol. The first-order valence-electron chi connectivity index (χ1n) is 6.58. The lowest BCUT2D eigenvalue weighted by Gasteiger charge is -2.18. The first-order valence-corrected chi connectivity index (χ1v) is 7.81. The fourth-order valence-electron chi connectivity index (χ4n) is 2.05. The minimum atomic E-state index is -0.599. The molecule has 1 aliphatic rings. The Morgan fingerprint density at radius 3 is 2.61 bits per heavy atom. The molecular weight excluding hydrogens is 340 g/mol. The van der Waals surface area contributed by atoms with Gasteiger partial charge in [0, 0.05) is 17.7 Å². The van der Waals surface area contributed by atoms with Crippen LogP contribution in [0.4, 0.5) is 5.69 Å². The van der Waals surface area contributed by atoms with E-state index in [1.807, 2.05) is 13.8 Å². The molecule has 0 bridgehead atoms. The summed E-state index contributed by atoms with van der Waals surface area (Å²) in [6.07, 6.45) is 1.38. The van der Waals surface area contributed by atoms with Crippen LogP contribution in [0.5, 0.6) is 11.5 Å². The highest BCUT2D eigenvalue weighted by atomic mass is 32.2. The van der Waals surface area contributed by atoms with Gasteiger partial charge in [-0.2, -0.15) is 0 Å². The van der Waals surface area contributed by atoms with Crippen LogP contribution >= 0.6 is 24.0 Å². The van der Waals surface area contributed by atoms with E-state index in [0.29, 0.717) is 9.23 Å². The van der Waals surface area contributed by atoms with Crippen molar-refractivity contribution in [1.82, 2.24) is 4.90 Å². The number of methoxy groups -OCH3 is 1. The lowest BCUT2D eigenvalue weighted by Crippen LogP contribution is -2.34. The third-order valence-corrected chi connectivity index (χ3v) is 4.48. The molecule has 0 spiro atoms. The number of hydrogen-bond acceptors (Lipinski definition) is 7. The van der Waals surface area contributed by atoms with Crippen LogP contribution in [0, 0.1) is 10.1 Å². The Morgan fingerprint density at radius 1 is 1.48 bits per heavy atom. The van der Waals surface area contributed by atoms with Crippen molar-refractivity contribution in [3.8, 4) is 11.5 Å². The lowest BCUT2D eigenvalue weighted by molar-refractivity contribution is -0.385. The summed E-state index contributed by atoms with van der Waals surface area (Å²) in [5.41, 5.74) is -0.120. The number of carbonyl (C=O) groups excluding carboxylic acids is 1.